The molecule has 0 fully saturated rings. The summed E-state index contributed by atoms with van der Waals surface area (Å²) in [6, 6.07) is 18.3. The molecule has 0 saturated carbocycles. The Kier molecular flexibility index (Phi) is 8.25. The second kappa shape index (κ2) is 10.8. The van der Waals surface area contributed by atoms with Crippen LogP contribution in [0.5, 0.6) is 5.75 Å². The topological polar surface area (TPSA) is 38.3 Å². The fraction of sp³-hybridized carbons (Fsp3) is 0.350. The summed E-state index contributed by atoms with van der Waals surface area (Å²) in [7, 11) is 0. The highest BCUT2D eigenvalue weighted by atomic mass is 32.2. The summed E-state index contributed by atoms with van der Waals surface area (Å²) in [5, 5.41) is 2.96. The largest absolute Gasteiger partial charge is 0.494 e. The maximum absolute atomic E-state index is 11.7. The van der Waals surface area contributed by atoms with Crippen LogP contribution < -0.4 is 10.1 Å². The quantitative estimate of drug-likeness (QED) is 0.657. The number of amides is 1. The number of hydrogen-bond donors (Lipinski definition) is 1. The molecule has 4 heteroatoms. The van der Waals surface area contributed by atoms with Gasteiger partial charge in [0.05, 0.1) is 6.61 Å². The summed E-state index contributed by atoms with van der Waals surface area (Å²) < 4.78 is 5.57. The molecule has 2 aromatic carbocycles. The normalized spacial score (nSPS) is 10.4. The highest BCUT2D eigenvalue weighted by molar-refractivity contribution is 7.98. The van der Waals surface area contributed by atoms with E-state index in [0.29, 0.717) is 13.0 Å². The van der Waals surface area contributed by atoms with Crippen LogP contribution in [0.1, 0.15) is 24.0 Å². The van der Waals surface area contributed by atoms with E-state index in [1.165, 1.54) is 11.1 Å². The average Bonchev–Trinajstić information content (AvgIpc) is 2.61. The molecule has 0 heterocycles. The van der Waals surface area contributed by atoms with Crippen LogP contribution in [-0.2, 0) is 10.5 Å². The number of carbonyl (C=O) groups excluding carboxylic acids is 1. The number of thioether (sulfide) groups is 1. The van der Waals surface area contributed by atoms with E-state index in [-0.39, 0.29) is 5.91 Å². The van der Waals surface area contributed by atoms with Gasteiger partial charge in [0, 0.05) is 24.5 Å². The molecule has 0 aliphatic carbocycles. The number of carbonyl (C=O) groups is 1. The molecule has 128 valence electrons. The van der Waals surface area contributed by atoms with Crippen molar-refractivity contribution in [1.29, 1.82) is 0 Å². The number of ether oxygens (including phenoxy) is 1. The molecular weight excluding hydrogens is 318 g/mol. The van der Waals surface area contributed by atoms with Gasteiger partial charge in [-0.1, -0.05) is 48.0 Å². The summed E-state index contributed by atoms with van der Waals surface area (Å²) in [6.07, 6.45) is 1.24. The highest BCUT2D eigenvalue weighted by Crippen LogP contribution is 2.12. The molecule has 0 atom stereocenters. The van der Waals surface area contributed by atoms with Crippen molar-refractivity contribution in [2.45, 2.75) is 25.5 Å². The third-order valence-corrected chi connectivity index (χ3v) is 4.55. The molecule has 3 nitrogen and oxygen atoms in total. The van der Waals surface area contributed by atoms with Crippen LogP contribution in [0.3, 0.4) is 0 Å². The summed E-state index contributed by atoms with van der Waals surface area (Å²) >= 11 is 1.84. The van der Waals surface area contributed by atoms with Crippen LogP contribution in [0.15, 0.2) is 54.6 Å². The van der Waals surface area contributed by atoms with Gasteiger partial charge in [-0.3, -0.25) is 4.79 Å². The zero-order valence-corrected chi connectivity index (χ0v) is 15.0. The van der Waals surface area contributed by atoms with E-state index in [0.717, 1.165) is 30.2 Å². The third kappa shape index (κ3) is 7.55. The van der Waals surface area contributed by atoms with E-state index in [1.54, 1.807) is 0 Å². The first-order chi connectivity index (χ1) is 11.7. The zero-order chi connectivity index (χ0) is 17.0. The van der Waals surface area contributed by atoms with Gasteiger partial charge in [0.2, 0.25) is 5.91 Å². The van der Waals surface area contributed by atoms with E-state index < -0.39 is 0 Å². The minimum atomic E-state index is 0.0996. The van der Waals surface area contributed by atoms with Gasteiger partial charge in [-0.15, -0.1) is 0 Å². The molecule has 0 spiro atoms. The fourth-order valence-corrected chi connectivity index (χ4v) is 2.98. The van der Waals surface area contributed by atoms with Gasteiger partial charge in [-0.05, 0) is 31.0 Å². The van der Waals surface area contributed by atoms with Gasteiger partial charge in [0.15, 0.2) is 0 Å². The SMILES string of the molecule is Cc1ccc(CSCCNC(=O)CCCOc2ccccc2)cc1. The zero-order valence-electron chi connectivity index (χ0n) is 14.2. The Bertz CT molecular complexity index is 599. The molecule has 1 amide bonds. The van der Waals surface area contributed by atoms with E-state index in [2.05, 4.69) is 36.5 Å². The van der Waals surface area contributed by atoms with Crippen molar-refractivity contribution in [1.82, 2.24) is 5.32 Å². The van der Waals surface area contributed by atoms with Crippen LogP contribution in [-0.4, -0.2) is 24.8 Å². The molecule has 2 rings (SSSR count). The first-order valence-electron chi connectivity index (χ1n) is 8.32. The van der Waals surface area contributed by atoms with Crippen LogP contribution in [0, 0.1) is 6.92 Å². The van der Waals surface area contributed by atoms with E-state index in [9.17, 15) is 4.79 Å². The minimum absolute atomic E-state index is 0.0996. The lowest BCUT2D eigenvalue weighted by molar-refractivity contribution is -0.121. The molecule has 0 aromatic heterocycles. The molecular formula is C20H25NO2S. The third-order valence-electron chi connectivity index (χ3n) is 3.52. The first-order valence-corrected chi connectivity index (χ1v) is 9.47. The summed E-state index contributed by atoms with van der Waals surface area (Å²) in [4.78, 5) is 11.7. The Morgan fingerprint density at radius 2 is 1.83 bits per heavy atom. The standard InChI is InChI=1S/C20H25NO2S/c1-17-9-11-18(12-10-17)16-24-15-13-21-20(22)8-5-14-23-19-6-3-2-4-7-19/h2-4,6-7,9-12H,5,8,13-16H2,1H3,(H,21,22). The maximum Gasteiger partial charge on any atom is 0.220 e. The van der Waals surface area contributed by atoms with Crippen molar-refractivity contribution in [2.75, 3.05) is 18.9 Å². The number of benzene rings is 2. The number of nitrogens with one attached hydrogen (secondary N) is 1. The van der Waals surface area contributed by atoms with Gasteiger partial charge >= 0.3 is 0 Å². The number of rotatable bonds is 10. The Balaban J connectivity index is 1.47. The van der Waals surface area contributed by atoms with E-state index in [1.807, 2.05) is 42.1 Å². The summed E-state index contributed by atoms with van der Waals surface area (Å²) in [6.45, 7) is 3.38. The fourth-order valence-electron chi connectivity index (χ4n) is 2.16. The Labute approximate surface area is 148 Å². The smallest absolute Gasteiger partial charge is 0.220 e. The van der Waals surface area contributed by atoms with E-state index in [4.69, 9.17) is 4.74 Å². The minimum Gasteiger partial charge on any atom is -0.494 e. The van der Waals surface area contributed by atoms with Crippen LogP contribution >= 0.6 is 11.8 Å². The molecule has 0 saturated heterocycles. The number of para-hydroxylation sites is 1. The number of aryl methyl sites for hydroxylation is 1. The molecule has 2 aromatic rings. The van der Waals surface area contributed by atoms with Gasteiger partial charge in [-0.2, -0.15) is 11.8 Å². The van der Waals surface area contributed by atoms with Crippen LogP contribution in [0.25, 0.3) is 0 Å². The van der Waals surface area contributed by atoms with Crippen LogP contribution in [0.2, 0.25) is 0 Å². The summed E-state index contributed by atoms with van der Waals surface area (Å²) in [5.41, 5.74) is 2.61. The highest BCUT2D eigenvalue weighted by Gasteiger charge is 2.01. The van der Waals surface area contributed by atoms with Crippen molar-refractivity contribution in [3.05, 3.63) is 65.7 Å². The van der Waals surface area contributed by atoms with Crippen molar-refractivity contribution in [3.63, 3.8) is 0 Å². The number of hydrogen-bond acceptors (Lipinski definition) is 3. The lowest BCUT2D eigenvalue weighted by Crippen LogP contribution is -2.25. The maximum atomic E-state index is 11.7. The average molecular weight is 343 g/mol. The predicted molar refractivity (Wildman–Crippen MR) is 102 cm³/mol. The van der Waals surface area contributed by atoms with Crippen molar-refractivity contribution in [3.8, 4) is 5.75 Å². The van der Waals surface area contributed by atoms with Gasteiger partial charge < -0.3 is 10.1 Å². The van der Waals surface area contributed by atoms with Gasteiger partial charge in [0.25, 0.3) is 0 Å². The van der Waals surface area contributed by atoms with Crippen LogP contribution in [0.4, 0.5) is 0 Å². The lowest BCUT2D eigenvalue weighted by atomic mass is 10.2. The van der Waals surface area contributed by atoms with Crippen molar-refractivity contribution < 1.29 is 9.53 Å². The van der Waals surface area contributed by atoms with Crippen molar-refractivity contribution >= 4 is 17.7 Å². The summed E-state index contributed by atoms with van der Waals surface area (Å²) in [5.74, 6) is 2.87. The second-order valence-corrected chi connectivity index (χ2v) is 6.76. The molecule has 0 aliphatic heterocycles. The van der Waals surface area contributed by atoms with Gasteiger partial charge in [0.1, 0.15) is 5.75 Å². The molecule has 0 radical (unpaired) electrons. The second-order valence-electron chi connectivity index (χ2n) is 5.65. The monoisotopic (exact) mass is 343 g/mol. The molecule has 24 heavy (non-hydrogen) atoms. The lowest BCUT2D eigenvalue weighted by Gasteiger charge is -2.07. The first kappa shape index (κ1) is 18.4. The molecule has 0 unspecified atom stereocenters. The van der Waals surface area contributed by atoms with Crippen molar-refractivity contribution in [2.24, 2.45) is 0 Å². The van der Waals surface area contributed by atoms with E-state index >= 15 is 0 Å². The molecule has 0 aliphatic rings. The Morgan fingerprint density at radius 1 is 1.08 bits per heavy atom. The Morgan fingerprint density at radius 3 is 2.58 bits per heavy atom. The predicted octanol–water partition coefficient (Wildman–Crippen LogP) is 4.20. The van der Waals surface area contributed by atoms with Gasteiger partial charge in [-0.25, -0.2) is 0 Å². The molecule has 1 N–H and O–H groups in total. The molecule has 0 bridgehead atoms. The Hall–Kier alpha value is -1.94.